The minimum absolute atomic E-state index is 0.104. The molecule has 0 heterocycles. The first-order valence-electron chi connectivity index (χ1n) is 7.20. The van der Waals surface area contributed by atoms with Crippen LogP contribution in [0.1, 0.15) is 43.8 Å². The lowest BCUT2D eigenvalue weighted by Crippen LogP contribution is -2.36. The molecule has 20 heavy (non-hydrogen) atoms. The van der Waals surface area contributed by atoms with Crippen molar-refractivity contribution < 1.29 is 14.6 Å². The van der Waals surface area contributed by atoms with Crippen LogP contribution < -0.4 is 5.32 Å². The molecular formula is C16H23NO3. The number of amides is 1. The maximum atomic E-state index is 11.9. The Balaban J connectivity index is 1.82. The molecule has 110 valence electrons. The summed E-state index contributed by atoms with van der Waals surface area (Å²) in [6, 6.07) is 9.80. The Hall–Kier alpha value is -1.39. The van der Waals surface area contributed by atoms with Gasteiger partial charge in [-0.05, 0) is 18.4 Å². The summed E-state index contributed by atoms with van der Waals surface area (Å²) < 4.78 is 5.40. The second-order valence-corrected chi connectivity index (χ2v) is 5.55. The number of aliphatic hydroxyl groups is 1. The molecule has 0 bridgehead atoms. The van der Waals surface area contributed by atoms with Gasteiger partial charge in [-0.2, -0.15) is 0 Å². The van der Waals surface area contributed by atoms with Crippen molar-refractivity contribution in [2.75, 3.05) is 13.7 Å². The van der Waals surface area contributed by atoms with Crippen molar-refractivity contribution >= 4 is 5.91 Å². The van der Waals surface area contributed by atoms with Crippen LogP contribution >= 0.6 is 0 Å². The Morgan fingerprint density at radius 3 is 2.60 bits per heavy atom. The van der Waals surface area contributed by atoms with Crippen LogP contribution in [-0.2, 0) is 9.53 Å². The van der Waals surface area contributed by atoms with E-state index in [2.05, 4.69) is 5.32 Å². The minimum Gasteiger partial charge on any atom is -0.389 e. The summed E-state index contributed by atoms with van der Waals surface area (Å²) in [7, 11) is 1.63. The molecule has 0 spiro atoms. The predicted octanol–water partition coefficient (Wildman–Crippen LogP) is 2.19. The number of carbonyl (C=O) groups excluding carboxylic acids is 1. The van der Waals surface area contributed by atoms with Crippen molar-refractivity contribution in [3.05, 3.63) is 35.9 Å². The summed E-state index contributed by atoms with van der Waals surface area (Å²) >= 11 is 0. The van der Waals surface area contributed by atoms with Crippen LogP contribution in [-0.4, -0.2) is 30.3 Å². The molecule has 0 aliphatic heterocycles. The van der Waals surface area contributed by atoms with Crippen LogP contribution in [0.3, 0.4) is 0 Å². The average molecular weight is 277 g/mol. The normalized spacial score (nSPS) is 18.7. The van der Waals surface area contributed by atoms with Crippen molar-refractivity contribution in [3.8, 4) is 0 Å². The third kappa shape index (κ3) is 4.05. The quantitative estimate of drug-likeness (QED) is 0.838. The van der Waals surface area contributed by atoms with Gasteiger partial charge in [0.05, 0.1) is 18.1 Å². The number of hydrogen-bond donors (Lipinski definition) is 2. The fraction of sp³-hybridized carbons (Fsp3) is 0.562. The SMILES string of the molecule is COC(CNC(=O)CC1(O)CCCC1)c1ccccc1. The molecule has 1 amide bonds. The molecular weight excluding hydrogens is 254 g/mol. The number of ether oxygens (including phenoxy) is 1. The number of rotatable bonds is 6. The Morgan fingerprint density at radius 1 is 1.35 bits per heavy atom. The van der Waals surface area contributed by atoms with Crippen molar-refractivity contribution in [1.82, 2.24) is 5.32 Å². The van der Waals surface area contributed by atoms with Gasteiger partial charge < -0.3 is 15.2 Å². The summed E-state index contributed by atoms with van der Waals surface area (Å²) in [5, 5.41) is 13.1. The van der Waals surface area contributed by atoms with Crippen molar-refractivity contribution in [2.24, 2.45) is 0 Å². The molecule has 1 aliphatic rings. The fourth-order valence-electron chi connectivity index (χ4n) is 2.78. The molecule has 4 heteroatoms. The fourth-order valence-corrected chi connectivity index (χ4v) is 2.78. The smallest absolute Gasteiger partial charge is 0.222 e. The van der Waals surface area contributed by atoms with E-state index in [-0.39, 0.29) is 18.4 Å². The van der Waals surface area contributed by atoms with E-state index < -0.39 is 5.60 Å². The first-order chi connectivity index (χ1) is 9.63. The van der Waals surface area contributed by atoms with Gasteiger partial charge in [0, 0.05) is 13.7 Å². The van der Waals surface area contributed by atoms with E-state index >= 15 is 0 Å². The van der Waals surface area contributed by atoms with E-state index in [1.165, 1.54) is 0 Å². The summed E-state index contributed by atoms with van der Waals surface area (Å²) in [5.74, 6) is -0.104. The summed E-state index contributed by atoms with van der Waals surface area (Å²) in [4.78, 5) is 11.9. The van der Waals surface area contributed by atoms with Crippen LogP contribution in [0, 0.1) is 0 Å². The molecule has 2 N–H and O–H groups in total. The molecule has 0 aromatic heterocycles. The third-order valence-electron chi connectivity index (χ3n) is 3.96. The number of carbonyl (C=O) groups is 1. The standard InChI is InChI=1S/C16H23NO3/c1-20-14(13-7-3-2-4-8-13)12-17-15(18)11-16(19)9-5-6-10-16/h2-4,7-8,14,19H,5-6,9-12H2,1H3,(H,17,18). The van der Waals surface area contributed by atoms with Crippen molar-refractivity contribution in [1.29, 1.82) is 0 Å². The number of nitrogens with one attached hydrogen (secondary N) is 1. The van der Waals surface area contributed by atoms with Gasteiger partial charge in [-0.3, -0.25) is 4.79 Å². The Kier molecular flexibility index (Phi) is 5.15. The van der Waals surface area contributed by atoms with Gasteiger partial charge in [-0.25, -0.2) is 0 Å². The third-order valence-corrected chi connectivity index (χ3v) is 3.96. The highest BCUT2D eigenvalue weighted by Crippen LogP contribution is 2.32. The molecule has 2 rings (SSSR count). The lowest BCUT2D eigenvalue weighted by Gasteiger charge is -2.22. The zero-order chi connectivity index (χ0) is 14.4. The zero-order valence-corrected chi connectivity index (χ0v) is 12.0. The maximum Gasteiger partial charge on any atom is 0.222 e. The van der Waals surface area contributed by atoms with Crippen molar-refractivity contribution in [3.63, 3.8) is 0 Å². The molecule has 0 radical (unpaired) electrons. The molecule has 1 aliphatic carbocycles. The molecule has 1 saturated carbocycles. The van der Waals surface area contributed by atoms with Gasteiger partial charge in [-0.15, -0.1) is 0 Å². The van der Waals surface area contributed by atoms with E-state index in [0.29, 0.717) is 6.54 Å². The van der Waals surface area contributed by atoms with Crippen LogP contribution in [0.15, 0.2) is 30.3 Å². The first kappa shape index (κ1) is 15.0. The van der Waals surface area contributed by atoms with Crippen molar-refractivity contribution in [2.45, 2.75) is 43.8 Å². The second kappa shape index (κ2) is 6.86. The molecule has 4 nitrogen and oxygen atoms in total. The van der Waals surface area contributed by atoms with Gasteiger partial charge in [0.1, 0.15) is 0 Å². The zero-order valence-electron chi connectivity index (χ0n) is 12.0. The Labute approximate surface area is 120 Å². The lowest BCUT2D eigenvalue weighted by molar-refractivity contribution is -0.126. The van der Waals surface area contributed by atoms with Gasteiger partial charge >= 0.3 is 0 Å². The summed E-state index contributed by atoms with van der Waals surface area (Å²) in [6.07, 6.45) is 3.51. The van der Waals surface area contributed by atoms with Gasteiger partial charge in [0.15, 0.2) is 0 Å². The van der Waals surface area contributed by atoms with Crippen LogP contribution in [0.5, 0.6) is 0 Å². The molecule has 1 fully saturated rings. The molecule has 0 saturated heterocycles. The first-order valence-corrected chi connectivity index (χ1v) is 7.20. The second-order valence-electron chi connectivity index (χ2n) is 5.55. The number of benzene rings is 1. The molecule has 1 unspecified atom stereocenters. The topological polar surface area (TPSA) is 58.6 Å². The van der Waals surface area contributed by atoms with Crippen LogP contribution in [0.25, 0.3) is 0 Å². The van der Waals surface area contributed by atoms with E-state index in [1.54, 1.807) is 7.11 Å². The maximum absolute atomic E-state index is 11.9. The largest absolute Gasteiger partial charge is 0.389 e. The highest BCUT2D eigenvalue weighted by atomic mass is 16.5. The Bertz CT molecular complexity index is 427. The van der Waals surface area contributed by atoms with Gasteiger partial charge in [0.2, 0.25) is 5.91 Å². The Morgan fingerprint density at radius 2 is 2.00 bits per heavy atom. The average Bonchev–Trinajstić information content (AvgIpc) is 2.87. The molecule has 1 aromatic carbocycles. The predicted molar refractivity (Wildman–Crippen MR) is 77.2 cm³/mol. The van der Waals surface area contributed by atoms with E-state index in [4.69, 9.17) is 4.74 Å². The number of hydrogen-bond acceptors (Lipinski definition) is 3. The van der Waals surface area contributed by atoms with Crippen LogP contribution in [0.4, 0.5) is 0 Å². The highest BCUT2D eigenvalue weighted by Gasteiger charge is 2.33. The highest BCUT2D eigenvalue weighted by molar-refractivity contribution is 5.77. The monoisotopic (exact) mass is 277 g/mol. The minimum atomic E-state index is -0.792. The van der Waals surface area contributed by atoms with Gasteiger partial charge in [0.25, 0.3) is 0 Å². The lowest BCUT2D eigenvalue weighted by atomic mass is 9.97. The van der Waals surface area contributed by atoms with E-state index in [1.807, 2.05) is 30.3 Å². The summed E-state index contributed by atoms with van der Waals surface area (Å²) in [5.41, 5.74) is 0.245. The molecule has 1 aromatic rings. The molecule has 1 atom stereocenters. The van der Waals surface area contributed by atoms with E-state index in [0.717, 1.165) is 31.2 Å². The van der Waals surface area contributed by atoms with E-state index in [9.17, 15) is 9.90 Å². The summed E-state index contributed by atoms with van der Waals surface area (Å²) in [6.45, 7) is 0.426. The van der Waals surface area contributed by atoms with Gasteiger partial charge in [-0.1, -0.05) is 43.2 Å². The van der Waals surface area contributed by atoms with Crippen LogP contribution in [0.2, 0.25) is 0 Å². The number of methoxy groups -OCH3 is 1.